The Balaban J connectivity index is 1.90. The van der Waals surface area contributed by atoms with Gasteiger partial charge >= 0.3 is 0 Å². The summed E-state index contributed by atoms with van der Waals surface area (Å²) in [6.07, 6.45) is 0. The van der Waals surface area contributed by atoms with E-state index in [1.165, 1.54) is 11.3 Å². The van der Waals surface area contributed by atoms with Gasteiger partial charge in [-0.3, -0.25) is 0 Å². The lowest BCUT2D eigenvalue weighted by Crippen LogP contribution is -2.34. The maximum absolute atomic E-state index is 10.3. The molecular formula is C14H16N2O2S. The number of nitrogens with zero attached hydrogens (tertiary/aromatic N) is 1. The Morgan fingerprint density at radius 1 is 1.53 bits per heavy atom. The summed E-state index contributed by atoms with van der Waals surface area (Å²) in [6.45, 7) is 4.58. The Morgan fingerprint density at radius 3 is 2.89 bits per heavy atom. The van der Waals surface area contributed by atoms with Gasteiger partial charge in [-0.05, 0) is 32.0 Å². The van der Waals surface area contributed by atoms with Crippen molar-refractivity contribution in [1.82, 2.24) is 5.32 Å². The number of rotatable bonds is 5. The summed E-state index contributed by atoms with van der Waals surface area (Å²) in [7, 11) is 0. The van der Waals surface area contributed by atoms with Crippen LogP contribution >= 0.6 is 11.3 Å². The predicted octanol–water partition coefficient (Wildman–Crippen LogP) is 2.52. The van der Waals surface area contributed by atoms with Gasteiger partial charge in [0.2, 0.25) is 0 Å². The number of aliphatic hydroxyl groups is 1. The van der Waals surface area contributed by atoms with E-state index in [0.29, 0.717) is 24.4 Å². The third-order valence-corrected chi connectivity index (χ3v) is 3.76. The lowest BCUT2D eigenvalue weighted by molar-refractivity contribution is 0.0333. The van der Waals surface area contributed by atoms with Crippen molar-refractivity contribution in [3.63, 3.8) is 0 Å². The molecule has 4 nitrogen and oxygen atoms in total. The zero-order valence-corrected chi connectivity index (χ0v) is 11.8. The van der Waals surface area contributed by atoms with E-state index in [4.69, 9.17) is 9.68 Å². The Morgan fingerprint density at radius 2 is 2.32 bits per heavy atom. The average Bonchev–Trinajstić information content (AvgIpc) is 2.98. The molecule has 0 amide bonds. The van der Waals surface area contributed by atoms with Crippen molar-refractivity contribution in [3.05, 3.63) is 45.5 Å². The molecule has 0 aliphatic rings. The van der Waals surface area contributed by atoms with Crippen LogP contribution in [-0.4, -0.2) is 11.7 Å². The van der Waals surface area contributed by atoms with Gasteiger partial charge in [0.1, 0.15) is 23.2 Å². The van der Waals surface area contributed by atoms with E-state index >= 15 is 0 Å². The van der Waals surface area contributed by atoms with Crippen LogP contribution < -0.4 is 5.32 Å². The van der Waals surface area contributed by atoms with Crippen LogP contribution in [0.1, 0.15) is 28.9 Å². The van der Waals surface area contributed by atoms with Crippen molar-refractivity contribution in [3.8, 4) is 6.07 Å². The first-order valence-electron chi connectivity index (χ1n) is 5.99. The summed E-state index contributed by atoms with van der Waals surface area (Å²) < 4.78 is 5.44. The van der Waals surface area contributed by atoms with Crippen LogP contribution in [0.2, 0.25) is 0 Å². The first-order valence-corrected chi connectivity index (χ1v) is 6.87. The maximum atomic E-state index is 10.3. The number of hydrogen-bond acceptors (Lipinski definition) is 5. The van der Waals surface area contributed by atoms with Gasteiger partial charge in [-0.1, -0.05) is 0 Å². The van der Waals surface area contributed by atoms with Crippen LogP contribution in [0.3, 0.4) is 0 Å². The first-order chi connectivity index (χ1) is 9.01. The molecule has 19 heavy (non-hydrogen) atoms. The van der Waals surface area contributed by atoms with Gasteiger partial charge in [-0.2, -0.15) is 5.26 Å². The minimum absolute atomic E-state index is 0.389. The lowest BCUT2D eigenvalue weighted by Gasteiger charge is -2.21. The molecule has 0 aliphatic heterocycles. The number of aryl methyl sites for hydroxylation is 1. The van der Waals surface area contributed by atoms with E-state index < -0.39 is 5.60 Å². The molecule has 0 radical (unpaired) electrons. The minimum atomic E-state index is -1.04. The van der Waals surface area contributed by atoms with Crippen LogP contribution in [0, 0.1) is 18.3 Å². The number of nitrogens with one attached hydrogen (secondary N) is 1. The predicted molar refractivity (Wildman–Crippen MR) is 73.8 cm³/mol. The monoisotopic (exact) mass is 276 g/mol. The molecule has 0 bridgehead atoms. The zero-order valence-electron chi connectivity index (χ0n) is 10.9. The molecule has 5 heteroatoms. The summed E-state index contributed by atoms with van der Waals surface area (Å²) in [5.74, 6) is 1.34. The highest BCUT2D eigenvalue weighted by Gasteiger charge is 2.26. The van der Waals surface area contributed by atoms with Crippen LogP contribution in [0.15, 0.2) is 28.0 Å². The molecule has 2 aromatic heterocycles. The van der Waals surface area contributed by atoms with E-state index in [1.54, 1.807) is 13.0 Å². The summed E-state index contributed by atoms with van der Waals surface area (Å²) in [6, 6.07) is 7.57. The summed E-state index contributed by atoms with van der Waals surface area (Å²) in [5, 5.41) is 24.1. The van der Waals surface area contributed by atoms with Crippen molar-refractivity contribution >= 4 is 11.3 Å². The molecule has 2 N–H and O–H groups in total. The average molecular weight is 276 g/mol. The largest absolute Gasteiger partial charge is 0.463 e. The fourth-order valence-corrected chi connectivity index (χ4v) is 2.55. The Hall–Kier alpha value is -1.61. The molecule has 0 aromatic carbocycles. The number of hydrogen-bond donors (Lipinski definition) is 2. The quantitative estimate of drug-likeness (QED) is 0.880. The van der Waals surface area contributed by atoms with Gasteiger partial charge in [0, 0.05) is 23.3 Å². The summed E-state index contributed by atoms with van der Waals surface area (Å²) in [4.78, 5) is 1.07. The highest BCUT2D eigenvalue weighted by molar-refractivity contribution is 7.10. The molecule has 1 atom stereocenters. The normalized spacial score (nSPS) is 14.0. The maximum Gasteiger partial charge on any atom is 0.136 e. The minimum Gasteiger partial charge on any atom is -0.463 e. The molecule has 2 aromatic rings. The summed E-state index contributed by atoms with van der Waals surface area (Å²) in [5.41, 5.74) is -0.362. The van der Waals surface area contributed by atoms with Crippen LogP contribution in [0.5, 0.6) is 0 Å². The summed E-state index contributed by atoms with van der Waals surface area (Å²) >= 11 is 1.53. The molecule has 1 unspecified atom stereocenters. The van der Waals surface area contributed by atoms with Gasteiger partial charge in [0.25, 0.3) is 0 Å². The van der Waals surface area contributed by atoms with Crippen molar-refractivity contribution in [2.45, 2.75) is 26.0 Å². The van der Waals surface area contributed by atoms with Crippen molar-refractivity contribution < 1.29 is 9.52 Å². The van der Waals surface area contributed by atoms with Gasteiger partial charge in [-0.15, -0.1) is 11.3 Å². The van der Waals surface area contributed by atoms with E-state index in [1.807, 2.05) is 24.4 Å². The molecular weight excluding hydrogens is 260 g/mol. The highest BCUT2D eigenvalue weighted by Crippen LogP contribution is 2.22. The highest BCUT2D eigenvalue weighted by atomic mass is 32.1. The second-order valence-corrected chi connectivity index (χ2v) is 5.70. The van der Waals surface area contributed by atoms with Gasteiger partial charge in [-0.25, -0.2) is 0 Å². The second kappa shape index (κ2) is 5.57. The third kappa shape index (κ3) is 3.44. The molecule has 0 saturated carbocycles. The Kier molecular flexibility index (Phi) is 4.05. The fourth-order valence-electron chi connectivity index (χ4n) is 1.77. The van der Waals surface area contributed by atoms with Crippen molar-refractivity contribution in [2.75, 3.05) is 6.54 Å². The molecule has 100 valence electrons. The third-order valence-electron chi connectivity index (χ3n) is 2.82. The van der Waals surface area contributed by atoms with Gasteiger partial charge < -0.3 is 14.8 Å². The fraction of sp³-hybridized carbons (Fsp3) is 0.357. The van der Waals surface area contributed by atoms with Crippen LogP contribution in [0.25, 0.3) is 0 Å². The molecule has 2 rings (SSSR count). The Labute approximate surface area is 116 Å². The molecule has 2 heterocycles. The molecule has 0 spiro atoms. The van der Waals surface area contributed by atoms with E-state index in [2.05, 4.69) is 11.4 Å². The van der Waals surface area contributed by atoms with Gasteiger partial charge in [0.05, 0.1) is 5.56 Å². The van der Waals surface area contributed by atoms with Crippen molar-refractivity contribution in [1.29, 1.82) is 5.26 Å². The SMILES string of the molecule is Cc1ccc(C(C)(O)CNCc2cc(C#N)cs2)o1. The topological polar surface area (TPSA) is 69.2 Å². The van der Waals surface area contributed by atoms with Crippen LogP contribution in [-0.2, 0) is 12.1 Å². The molecule has 0 aliphatic carbocycles. The first kappa shape index (κ1) is 13.8. The number of furan rings is 1. The van der Waals surface area contributed by atoms with E-state index in [9.17, 15) is 5.11 Å². The van der Waals surface area contributed by atoms with E-state index in [-0.39, 0.29) is 0 Å². The second-order valence-electron chi connectivity index (χ2n) is 4.70. The van der Waals surface area contributed by atoms with E-state index in [0.717, 1.165) is 10.6 Å². The Bertz CT molecular complexity index is 593. The zero-order chi connectivity index (χ0) is 13.9. The standard InChI is InChI=1S/C14H16N2O2S/c1-10-3-4-13(18-10)14(2,17)9-16-7-12-5-11(6-15)8-19-12/h3-5,8,16-17H,7,9H2,1-2H3. The lowest BCUT2D eigenvalue weighted by atomic mass is 10.0. The van der Waals surface area contributed by atoms with Crippen LogP contribution in [0.4, 0.5) is 0 Å². The smallest absolute Gasteiger partial charge is 0.136 e. The van der Waals surface area contributed by atoms with Crippen molar-refractivity contribution in [2.24, 2.45) is 0 Å². The number of nitriles is 1. The molecule has 0 saturated heterocycles. The number of thiophene rings is 1. The van der Waals surface area contributed by atoms with Gasteiger partial charge in [0.15, 0.2) is 0 Å². The molecule has 0 fully saturated rings.